The number of rotatable bonds is 5. The van der Waals surface area contributed by atoms with Crippen LogP contribution in [0.25, 0.3) is 0 Å². The molecule has 0 aliphatic heterocycles. The highest BCUT2D eigenvalue weighted by Crippen LogP contribution is 1.87. The van der Waals surface area contributed by atoms with Crippen LogP contribution >= 0.6 is 0 Å². The largest absolute Gasteiger partial charge is 0.421 e. The summed E-state index contributed by atoms with van der Waals surface area (Å²) in [5.41, 5.74) is 0. The Morgan fingerprint density at radius 3 is 2.88 bits per heavy atom. The second-order valence-electron chi connectivity index (χ2n) is 1.30. The normalized spacial score (nSPS) is 9.75. The smallest absolute Gasteiger partial charge is 0.246 e. The molecule has 0 saturated carbocycles. The van der Waals surface area contributed by atoms with Gasteiger partial charge in [-0.05, 0) is 12.5 Å². The topological polar surface area (TPSA) is 18.5 Å². The Labute approximate surface area is 56.1 Å². The predicted octanol–water partition coefficient (Wildman–Crippen LogP) is 0.160. The molecule has 4 heteroatoms. The Morgan fingerprint density at radius 1 is 1.62 bits per heavy atom. The zero-order chi connectivity index (χ0) is 6.24. The third-order valence-electron chi connectivity index (χ3n) is 0.670. The first-order valence-corrected chi connectivity index (χ1v) is 3.98. The van der Waals surface area contributed by atoms with E-state index < -0.39 is 0 Å². The van der Waals surface area contributed by atoms with Gasteiger partial charge in [0.2, 0.25) is 20.2 Å². The third kappa shape index (κ3) is 6.35. The molecule has 0 heterocycles. The van der Waals surface area contributed by atoms with E-state index in [1.54, 1.807) is 7.11 Å². The van der Waals surface area contributed by atoms with Crippen molar-refractivity contribution in [1.29, 1.82) is 0 Å². The maximum absolute atomic E-state index is 4.84. The number of hydrogen-bond donors (Lipinski definition) is 0. The van der Waals surface area contributed by atoms with Crippen LogP contribution in [0.4, 0.5) is 0 Å². The van der Waals surface area contributed by atoms with Gasteiger partial charge < -0.3 is 8.85 Å². The molecule has 0 rings (SSSR count). The molecule has 2 nitrogen and oxygen atoms in total. The highest BCUT2D eigenvalue weighted by Gasteiger charge is 1.86. The van der Waals surface area contributed by atoms with Crippen LogP contribution in [0.3, 0.4) is 0 Å². The van der Waals surface area contributed by atoms with Crippen molar-refractivity contribution in [2.24, 2.45) is 0 Å². The molecule has 0 unspecified atom stereocenters. The van der Waals surface area contributed by atoms with Gasteiger partial charge in [0.05, 0.1) is 0 Å². The summed E-state index contributed by atoms with van der Waals surface area (Å²) in [6.45, 7) is 0.771. The van der Waals surface area contributed by atoms with E-state index in [0.717, 1.165) is 19.1 Å². The molecular formula is C4H9O2Si2. The van der Waals surface area contributed by atoms with Crippen molar-refractivity contribution >= 4 is 20.2 Å². The first-order chi connectivity index (χ1) is 3.91. The summed E-state index contributed by atoms with van der Waals surface area (Å²) in [5, 5.41) is 0. The zero-order valence-electron chi connectivity index (χ0n) is 4.94. The summed E-state index contributed by atoms with van der Waals surface area (Å²) in [5.74, 6) is 0. The van der Waals surface area contributed by atoms with E-state index in [0.29, 0.717) is 9.76 Å². The molecule has 5 radical (unpaired) electrons. The second-order valence-corrected chi connectivity index (χ2v) is 2.79. The van der Waals surface area contributed by atoms with Gasteiger partial charge in [-0.25, -0.2) is 0 Å². The molecule has 0 bridgehead atoms. The van der Waals surface area contributed by atoms with Crippen molar-refractivity contribution in [1.82, 2.24) is 0 Å². The first-order valence-electron chi connectivity index (χ1n) is 2.46. The van der Waals surface area contributed by atoms with E-state index in [-0.39, 0.29) is 0 Å². The van der Waals surface area contributed by atoms with Gasteiger partial charge in [-0.3, -0.25) is 0 Å². The number of hydrogen-bond acceptors (Lipinski definition) is 2. The van der Waals surface area contributed by atoms with E-state index in [1.807, 2.05) is 0 Å². The van der Waals surface area contributed by atoms with Crippen LogP contribution in [-0.2, 0) is 8.85 Å². The van der Waals surface area contributed by atoms with Crippen LogP contribution in [0.5, 0.6) is 0 Å². The lowest BCUT2D eigenvalue weighted by molar-refractivity contribution is 0.345. The Hall–Kier alpha value is 0.354. The average molecular weight is 145 g/mol. The van der Waals surface area contributed by atoms with Gasteiger partial charge in [-0.1, -0.05) is 0 Å². The average Bonchev–Trinajstić information content (AvgIpc) is 1.81. The van der Waals surface area contributed by atoms with Crippen molar-refractivity contribution in [3.8, 4) is 0 Å². The standard InChI is InChI=1S/C4H9O2Si2/c1-5-8-4-2-3-6-7/h2-4H2,1H3. The summed E-state index contributed by atoms with van der Waals surface area (Å²) in [7, 11) is 5.24. The van der Waals surface area contributed by atoms with Crippen LogP contribution in [-0.4, -0.2) is 34.0 Å². The highest BCUT2D eigenvalue weighted by atomic mass is 28.2. The summed E-state index contributed by atoms with van der Waals surface area (Å²) in [6, 6.07) is 1.10. The fraction of sp³-hybridized carbons (Fsp3) is 1.00. The predicted molar refractivity (Wildman–Crippen MR) is 33.9 cm³/mol. The van der Waals surface area contributed by atoms with Gasteiger partial charge in [0.15, 0.2) is 0 Å². The van der Waals surface area contributed by atoms with E-state index in [9.17, 15) is 0 Å². The minimum absolute atomic E-state index is 0.623. The zero-order valence-corrected chi connectivity index (χ0v) is 6.94. The highest BCUT2D eigenvalue weighted by molar-refractivity contribution is 6.26. The van der Waals surface area contributed by atoms with Crippen LogP contribution in [0.1, 0.15) is 6.42 Å². The molecule has 0 aliphatic rings. The van der Waals surface area contributed by atoms with Crippen molar-refractivity contribution in [2.45, 2.75) is 12.5 Å². The second kappa shape index (κ2) is 7.35. The summed E-state index contributed by atoms with van der Waals surface area (Å²) < 4.78 is 9.49. The Bertz CT molecular complexity index is 37.0. The maximum atomic E-state index is 4.84. The Balaban J connectivity index is 2.53. The monoisotopic (exact) mass is 145 g/mol. The lowest BCUT2D eigenvalue weighted by Crippen LogP contribution is -1.96. The van der Waals surface area contributed by atoms with Crippen molar-refractivity contribution in [2.75, 3.05) is 13.7 Å². The molecule has 0 fully saturated rings. The lowest BCUT2D eigenvalue weighted by Gasteiger charge is -1.94. The van der Waals surface area contributed by atoms with Gasteiger partial charge in [0.25, 0.3) is 0 Å². The van der Waals surface area contributed by atoms with Gasteiger partial charge in [-0.2, -0.15) is 0 Å². The molecule has 0 aromatic carbocycles. The Kier molecular flexibility index (Phi) is 7.68. The van der Waals surface area contributed by atoms with Gasteiger partial charge >= 0.3 is 0 Å². The molecule has 0 aromatic rings. The lowest BCUT2D eigenvalue weighted by atomic mass is 10.5. The Morgan fingerprint density at radius 2 is 2.38 bits per heavy atom. The SMILES string of the molecule is CO[Si]CCCO[Si]. The fourth-order valence-electron chi connectivity index (χ4n) is 0.319. The maximum Gasteiger partial charge on any atom is 0.246 e. The molecule has 0 N–H and O–H groups in total. The van der Waals surface area contributed by atoms with Crippen LogP contribution in [0, 0.1) is 0 Å². The van der Waals surface area contributed by atoms with Gasteiger partial charge in [0, 0.05) is 13.7 Å². The van der Waals surface area contributed by atoms with Crippen molar-refractivity contribution in [3.63, 3.8) is 0 Å². The van der Waals surface area contributed by atoms with E-state index in [2.05, 4.69) is 14.9 Å². The molecular weight excluding hydrogens is 136 g/mol. The van der Waals surface area contributed by atoms with Crippen LogP contribution in [0.15, 0.2) is 0 Å². The molecule has 0 saturated heterocycles. The minimum Gasteiger partial charge on any atom is -0.421 e. The molecule has 0 atom stereocenters. The molecule has 45 valence electrons. The van der Waals surface area contributed by atoms with Crippen LogP contribution in [0.2, 0.25) is 6.04 Å². The van der Waals surface area contributed by atoms with Crippen molar-refractivity contribution in [3.05, 3.63) is 0 Å². The quantitative estimate of drug-likeness (QED) is 0.405. The third-order valence-corrected chi connectivity index (χ3v) is 1.72. The van der Waals surface area contributed by atoms with Gasteiger partial charge in [0.1, 0.15) is 0 Å². The summed E-state index contributed by atoms with van der Waals surface area (Å²) in [4.78, 5) is 0. The minimum atomic E-state index is 0.623. The molecule has 8 heavy (non-hydrogen) atoms. The van der Waals surface area contributed by atoms with E-state index >= 15 is 0 Å². The van der Waals surface area contributed by atoms with E-state index in [4.69, 9.17) is 4.43 Å². The van der Waals surface area contributed by atoms with Crippen molar-refractivity contribution < 1.29 is 8.85 Å². The molecule has 0 spiro atoms. The molecule has 0 aromatic heterocycles. The molecule has 0 aliphatic carbocycles. The molecule has 0 amide bonds. The first kappa shape index (κ1) is 8.35. The van der Waals surface area contributed by atoms with Gasteiger partial charge in [-0.15, -0.1) is 0 Å². The fourth-order valence-corrected chi connectivity index (χ4v) is 0.956. The van der Waals surface area contributed by atoms with E-state index in [1.165, 1.54) is 0 Å². The van der Waals surface area contributed by atoms with Crippen LogP contribution < -0.4 is 0 Å². The summed E-state index contributed by atoms with van der Waals surface area (Å²) >= 11 is 0. The summed E-state index contributed by atoms with van der Waals surface area (Å²) in [6.07, 6.45) is 1.07.